The van der Waals surface area contributed by atoms with Gasteiger partial charge in [0.15, 0.2) is 0 Å². The van der Waals surface area contributed by atoms with Crippen molar-refractivity contribution in [3.05, 3.63) is 29.3 Å². The minimum Gasteiger partial charge on any atom is -0.469 e. The van der Waals surface area contributed by atoms with E-state index in [2.05, 4.69) is 17.3 Å². The first-order chi connectivity index (χ1) is 13.7. The second-order valence-corrected chi connectivity index (χ2v) is 8.05. The lowest BCUT2D eigenvalue weighted by Gasteiger charge is -2.32. The summed E-state index contributed by atoms with van der Waals surface area (Å²) in [4.78, 5) is 26.0. The van der Waals surface area contributed by atoms with E-state index in [0.717, 1.165) is 35.3 Å². The largest absolute Gasteiger partial charge is 0.469 e. The first-order valence-electron chi connectivity index (χ1n) is 9.75. The van der Waals surface area contributed by atoms with E-state index in [-0.39, 0.29) is 18.4 Å². The van der Waals surface area contributed by atoms with E-state index in [1.807, 2.05) is 50.8 Å². The molecule has 0 saturated heterocycles. The highest BCUT2D eigenvalue weighted by Crippen LogP contribution is 2.36. The zero-order valence-corrected chi connectivity index (χ0v) is 17.9. The van der Waals surface area contributed by atoms with Gasteiger partial charge in [-0.3, -0.25) is 10.1 Å². The number of esters is 1. The van der Waals surface area contributed by atoms with E-state index >= 15 is 0 Å². The van der Waals surface area contributed by atoms with E-state index in [1.165, 1.54) is 7.11 Å². The highest BCUT2D eigenvalue weighted by molar-refractivity contribution is 5.89. The lowest BCUT2D eigenvalue weighted by molar-refractivity contribution is -0.140. The van der Waals surface area contributed by atoms with Gasteiger partial charge in [-0.25, -0.2) is 4.79 Å². The normalized spacial score (nSPS) is 13.7. The van der Waals surface area contributed by atoms with Gasteiger partial charge in [0.05, 0.1) is 20.1 Å². The second-order valence-electron chi connectivity index (χ2n) is 8.05. The van der Waals surface area contributed by atoms with E-state index in [1.54, 1.807) is 0 Å². The fourth-order valence-corrected chi connectivity index (χ4v) is 3.33. The zero-order valence-electron chi connectivity index (χ0n) is 17.9. The molecule has 29 heavy (non-hydrogen) atoms. The van der Waals surface area contributed by atoms with Crippen molar-refractivity contribution in [1.29, 1.82) is 0 Å². The summed E-state index contributed by atoms with van der Waals surface area (Å²) in [5, 5.41) is 2.87. The number of carbonyl (C=O) groups is 2. The molecule has 0 heterocycles. The topological polar surface area (TPSA) is 67.9 Å². The van der Waals surface area contributed by atoms with Gasteiger partial charge in [0, 0.05) is 23.0 Å². The van der Waals surface area contributed by atoms with Crippen LogP contribution >= 0.6 is 0 Å². The number of terminal acetylenes is 1. The molecule has 0 bridgehead atoms. The van der Waals surface area contributed by atoms with Crippen LogP contribution in [-0.4, -0.2) is 37.4 Å². The molecule has 6 heteroatoms. The molecule has 0 aromatic heterocycles. The van der Waals surface area contributed by atoms with Crippen molar-refractivity contribution in [2.75, 3.05) is 23.9 Å². The number of rotatable bonds is 6. The Labute approximate surface area is 173 Å². The van der Waals surface area contributed by atoms with Crippen LogP contribution in [-0.2, 0) is 20.7 Å². The smallest absolute Gasteiger partial charge is 0.412 e. The Hall–Kier alpha value is -2.94. The molecular formula is C23H30N2O4. The summed E-state index contributed by atoms with van der Waals surface area (Å²) in [6, 6.07) is 3.65. The number of fused-ring (bicyclic) bond motifs is 1. The number of allylic oxidation sites excluding steroid dienone is 1. The third kappa shape index (κ3) is 6.02. The predicted molar refractivity (Wildman–Crippen MR) is 116 cm³/mol. The standard InChI is InChI=1S/C23H30N2O4/c1-7-14-25(16(2)15-21(26)28-6)20-13-12-19(17-10-8-9-11-18(17)20)24-22(27)29-23(3,4)5/h1,9,11-13,16H,8,10,14-15H2,2-6H3,(H,24,27). The minimum absolute atomic E-state index is 0.136. The van der Waals surface area contributed by atoms with Crippen LogP contribution in [0.25, 0.3) is 6.08 Å². The van der Waals surface area contributed by atoms with Crippen LogP contribution in [0.3, 0.4) is 0 Å². The number of amides is 1. The monoisotopic (exact) mass is 398 g/mol. The second kappa shape index (κ2) is 9.51. The Morgan fingerprint density at radius 2 is 2.07 bits per heavy atom. The third-order valence-electron chi connectivity index (χ3n) is 4.61. The van der Waals surface area contributed by atoms with Crippen molar-refractivity contribution in [3.8, 4) is 12.3 Å². The number of nitrogens with zero attached hydrogens (tertiary/aromatic N) is 1. The molecule has 1 N–H and O–H groups in total. The van der Waals surface area contributed by atoms with Gasteiger partial charge in [-0.2, -0.15) is 0 Å². The summed E-state index contributed by atoms with van der Waals surface area (Å²) in [5.41, 5.74) is 3.11. The van der Waals surface area contributed by atoms with Crippen molar-refractivity contribution in [2.45, 2.75) is 58.6 Å². The molecule has 1 aliphatic carbocycles. The Bertz CT molecular complexity index is 831. The Morgan fingerprint density at radius 3 is 2.69 bits per heavy atom. The lowest BCUT2D eigenvalue weighted by atomic mass is 9.93. The van der Waals surface area contributed by atoms with Crippen molar-refractivity contribution in [1.82, 2.24) is 0 Å². The predicted octanol–water partition coefficient (Wildman–Crippen LogP) is 4.38. The van der Waals surface area contributed by atoms with Crippen molar-refractivity contribution < 1.29 is 19.1 Å². The molecule has 1 aromatic carbocycles. The Kier molecular flexibility index (Phi) is 7.33. The Balaban J connectivity index is 2.38. The van der Waals surface area contributed by atoms with E-state index in [9.17, 15) is 9.59 Å². The van der Waals surface area contributed by atoms with E-state index in [0.29, 0.717) is 6.54 Å². The number of anilines is 2. The lowest BCUT2D eigenvalue weighted by Crippen LogP contribution is -2.36. The SMILES string of the molecule is C#CCN(c1ccc(NC(=O)OC(C)(C)C)c2c1C=CCC2)C(C)CC(=O)OC. The number of benzene rings is 1. The van der Waals surface area contributed by atoms with Gasteiger partial charge in [0.25, 0.3) is 0 Å². The summed E-state index contributed by atoms with van der Waals surface area (Å²) >= 11 is 0. The van der Waals surface area contributed by atoms with Gasteiger partial charge in [-0.15, -0.1) is 6.42 Å². The Morgan fingerprint density at radius 1 is 1.34 bits per heavy atom. The fraction of sp³-hybridized carbons (Fsp3) is 0.478. The molecule has 2 rings (SSSR count). The average molecular weight is 399 g/mol. The molecule has 0 saturated carbocycles. The van der Waals surface area contributed by atoms with Crippen LogP contribution in [0.15, 0.2) is 18.2 Å². The van der Waals surface area contributed by atoms with Gasteiger partial charge < -0.3 is 14.4 Å². The maximum Gasteiger partial charge on any atom is 0.412 e. The first kappa shape index (κ1) is 22.4. The summed E-state index contributed by atoms with van der Waals surface area (Å²) in [6.07, 6.45) is 11.2. The molecule has 0 fully saturated rings. The molecule has 0 aliphatic heterocycles. The molecule has 0 spiro atoms. The number of carbonyl (C=O) groups excluding carboxylic acids is 2. The van der Waals surface area contributed by atoms with Gasteiger partial charge >= 0.3 is 12.1 Å². The zero-order chi connectivity index (χ0) is 21.6. The van der Waals surface area contributed by atoms with Crippen LogP contribution in [0, 0.1) is 12.3 Å². The highest BCUT2D eigenvalue weighted by Gasteiger charge is 2.24. The van der Waals surface area contributed by atoms with Gasteiger partial charge in [-0.1, -0.05) is 18.1 Å². The van der Waals surface area contributed by atoms with Crippen LogP contribution in [0.2, 0.25) is 0 Å². The molecule has 156 valence electrons. The molecule has 1 aromatic rings. The molecule has 1 unspecified atom stereocenters. The fourth-order valence-electron chi connectivity index (χ4n) is 3.33. The quantitative estimate of drug-likeness (QED) is 0.569. The number of ether oxygens (including phenoxy) is 2. The van der Waals surface area contributed by atoms with Gasteiger partial charge in [-0.05, 0) is 58.2 Å². The molecule has 6 nitrogen and oxygen atoms in total. The number of methoxy groups -OCH3 is 1. The highest BCUT2D eigenvalue weighted by atomic mass is 16.6. The average Bonchev–Trinajstić information content (AvgIpc) is 2.65. The molecule has 0 radical (unpaired) electrons. The van der Waals surface area contributed by atoms with Crippen molar-refractivity contribution in [2.24, 2.45) is 0 Å². The van der Waals surface area contributed by atoms with Crippen LogP contribution in [0.1, 0.15) is 51.7 Å². The summed E-state index contributed by atoms with van der Waals surface area (Å²) in [7, 11) is 1.38. The van der Waals surface area contributed by atoms with Crippen molar-refractivity contribution in [3.63, 3.8) is 0 Å². The number of nitrogens with one attached hydrogen (secondary N) is 1. The van der Waals surface area contributed by atoms with Crippen LogP contribution in [0.4, 0.5) is 16.2 Å². The maximum absolute atomic E-state index is 12.3. The molecular weight excluding hydrogens is 368 g/mol. The summed E-state index contributed by atoms with van der Waals surface area (Å²) in [6.45, 7) is 7.79. The molecule has 1 atom stereocenters. The summed E-state index contributed by atoms with van der Waals surface area (Å²) < 4.78 is 10.2. The minimum atomic E-state index is -0.573. The number of hydrogen-bond acceptors (Lipinski definition) is 5. The van der Waals surface area contributed by atoms with Crippen molar-refractivity contribution >= 4 is 29.5 Å². The van der Waals surface area contributed by atoms with Gasteiger partial charge in [0.1, 0.15) is 5.60 Å². The number of hydrogen-bond donors (Lipinski definition) is 1. The maximum atomic E-state index is 12.3. The first-order valence-corrected chi connectivity index (χ1v) is 9.75. The van der Waals surface area contributed by atoms with E-state index < -0.39 is 11.7 Å². The van der Waals surface area contributed by atoms with Crippen LogP contribution < -0.4 is 10.2 Å². The van der Waals surface area contributed by atoms with Crippen LogP contribution in [0.5, 0.6) is 0 Å². The third-order valence-corrected chi connectivity index (χ3v) is 4.61. The summed E-state index contributed by atoms with van der Waals surface area (Å²) in [5.74, 6) is 2.39. The molecule has 1 aliphatic rings. The van der Waals surface area contributed by atoms with Gasteiger partial charge in [0.2, 0.25) is 0 Å². The van der Waals surface area contributed by atoms with E-state index in [4.69, 9.17) is 15.9 Å². The molecule has 1 amide bonds.